The summed E-state index contributed by atoms with van der Waals surface area (Å²) >= 11 is 0. The second-order valence-electron chi connectivity index (χ2n) is 23.3. The first-order valence-corrected chi connectivity index (χ1v) is 24.4. The second kappa shape index (κ2) is 18.6. The lowest BCUT2D eigenvalue weighted by Crippen LogP contribution is -2.68. The van der Waals surface area contributed by atoms with Crippen LogP contribution in [0.4, 0.5) is 0 Å². The third-order valence-corrected chi connectivity index (χ3v) is 19.5. The van der Waals surface area contributed by atoms with Crippen LogP contribution in [0.3, 0.4) is 0 Å². The molecule has 8 aliphatic rings. The first kappa shape index (κ1) is 52.5. The number of ether oxygens (including phenoxy) is 6. The maximum Gasteiger partial charge on any atom is 0.335 e. The fourth-order valence-corrected chi connectivity index (χ4v) is 15.0. The quantitative estimate of drug-likeness (QED) is 0.0860. The fraction of sp³-hybridized carbons (Fsp3) is 0.917. The number of carboxylic acid groups (broad SMARTS) is 1. The molecule has 0 bridgehead atoms. The number of allylic oxidation sites excluding steroid dienone is 2. The van der Waals surface area contributed by atoms with Crippen LogP contribution in [-0.2, 0) is 38.0 Å². The Morgan fingerprint density at radius 2 is 1.31 bits per heavy atom. The van der Waals surface area contributed by atoms with Crippen LogP contribution in [0.25, 0.3) is 0 Å². The van der Waals surface area contributed by atoms with E-state index < -0.39 is 134 Å². The van der Waals surface area contributed by atoms with E-state index >= 15 is 0 Å². The van der Waals surface area contributed by atoms with E-state index in [1.54, 1.807) is 0 Å². The Hall–Kier alpha value is -1.80. The molecule has 12 N–H and O–H groups in total. The summed E-state index contributed by atoms with van der Waals surface area (Å²) in [7, 11) is 0. The highest BCUT2D eigenvalue weighted by atomic mass is 16.8. The zero-order valence-corrected chi connectivity index (χ0v) is 39.9. The van der Waals surface area contributed by atoms with Gasteiger partial charge in [-0.25, -0.2) is 4.79 Å². The van der Waals surface area contributed by atoms with E-state index in [0.29, 0.717) is 38.5 Å². The molecule has 3 saturated heterocycles. The summed E-state index contributed by atoms with van der Waals surface area (Å²) in [6.07, 6.45) is -18.0. The average molecular weight is 973 g/mol. The summed E-state index contributed by atoms with van der Waals surface area (Å²) in [5, 5.41) is 126. The van der Waals surface area contributed by atoms with Gasteiger partial charge >= 0.3 is 5.97 Å². The summed E-state index contributed by atoms with van der Waals surface area (Å²) in [6, 6.07) is 0. The molecule has 20 nitrogen and oxygen atoms in total. The summed E-state index contributed by atoms with van der Waals surface area (Å²) in [5.74, 6) is -1.58. The van der Waals surface area contributed by atoms with Crippen molar-refractivity contribution in [2.75, 3.05) is 26.4 Å². The summed E-state index contributed by atoms with van der Waals surface area (Å²) < 4.78 is 35.6. The highest BCUT2D eigenvalue weighted by Gasteiger charge is 2.70. The largest absolute Gasteiger partial charge is 0.479 e. The molecular formula is C48H76O20. The molecule has 0 aromatic carbocycles. The number of aliphatic carboxylic acids is 1. The van der Waals surface area contributed by atoms with Crippen LogP contribution in [-0.4, -0.2) is 198 Å². The molecule has 68 heavy (non-hydrogen) atoms. The zero-order chi connectivity index (χ0) is 49.8. The molecule has 4 saturated carbocycles. The Labute approximate surface area is 396 Å². The number of carbonyl (C=O) groups is 2. The number of carbonyl (C=O) groups excluding carboxylic acids is 1. The predicted octanol–water partition coefficient (Wildman–Crippen LogP) is -1.14. The van der Waals surface area contributed by atoms with Gasteiger partial charge in [0.05, 0.1) is 32.5 Å². The number of fused-ring (bicyclic) bond motifs is 7. The Kier molecular flexibility index (Phi) is 14.4. The summed E-state index contributed by atoms with van der Waals surface area (Å²) in [6.45, 7) is 11.3. The standard InChI is InChI=1S/C48H76O20/c1-43(20-63-40-35(59)31(55)29(53)23(17-49)64-40)15-22-21-7-8-26-45(3)11-10-28(46(4,19-51)25(45)9-12-48(26,6)47(21,5)14-13-44(22,2)27(52)16-43)66-42-38(34(58)33(57)37(67-42)39(61)62)68-41-36(60)32(56)30(54)24(18-50)65-41/h7,22-26,28-38,40-42,49-51,53-60H,8-20H2,1-6H3,(H,61,62)/t22-,23+,24+,25?,26+,28-,29+,30-,31-,32-,33-,34-,35+,36+,37-,38+,40+,41-,42+,43+,44+,45-,46+,47+,48+/m0/s1. The highest BCUT2D eigenvalue weighted by molar-refractivity contribution is 5.87. The maximum atomic E-state index is 14.4. The first-order chi connectivity index (χ1) is 31.8. The summed E-state index contributed by atoms with van der Waals surface area (Å²) in [5.41, 5.74) is -1.90. The molecule has 25 atom stereocenters. The molecule has 3 heterocycles. The van der Waals surface area contributed by atoms with Crippen LogP contribution < -0.4 is 0 Å². The van der Waals surface area contributed by atoms with E-state index in [2.05, 4.69) is 33.8 Å². The number of aliphatic hydroxyl groups is 11. The van der Waals surface area contributed by atoms with Crippen LogP contribution in [0.15, 0.2) is 11.6 Å². The van der Waals surface area contributed by atoms with Gasteiger partial charge in [0.2, 0.25) is 0 Å². The van der Waals surface area contributed by atoms with Crippen LogP contribution in [0.2, 0.25) is 0 Å². The van der Waals surface area contributed by atoms with Gasteiger partial charge in [-0.2, -0.15) is 0 Å². The highest BCUT2D eigenvalue weighted by Crippen LogP contribution is 2.75. The molecule has 7 fully saturated rings. The van der Waals surface area contributed by atoms with Gasteiger partial charge in [0.15, 0.2) is 25.0 Å². The van der Waals surface area contributed by atoms with Gasteiger partial charge in [-0.3, -0.25) is 4.79 Å². The van der Waals surface area contributed by atoms with Crippen molar-refractivity contribution in [3.63, 3.8) is 0 Å². The van der Waals surface area contributed by atoms with Crippen molar-refractivity contribution in [1.82, 2.24) is 0 Å². The Morgan fingerprint density at radius 3 is 1.91 bits per heavy atom. The monoisotopic (exact) mass is 972 g/mol. The Morgan fingerprint density at radius 1 is 0.691 bits per heavy atom. The van der Waals surface area contributed by atoms with Crippen molar-refractivity contribution < 1.29 is 99.3 Å². The lowest BCUT2D eigenvalue weighted by atomic mass is 9.33. The molecule has 3 aliphatic heterocycles. The van der Waals surface area contributed by atoms with Gasteiger partial charge in [0.1, 0.15) is 72.9 Å². The normalized spacial score (nSPS) is 55.0. The van der Waals surface area contributed by atoms with Gasteiger partial charge in [0, 0.05) is 17.3 Å². The van der Waals surface area contributed by atoms with E-state index in [4.69, 9.17) is 28.4 Å². The van der Waals surface area contributed by atoms with Crippen LogP contribution in [0.5, 0.6) is 0 Å². The molecule has 0 spiro atoms. The number of ketones is 1. The van der Waals surface area contributed by atoms with Gasteiger partial charge in [-0.05, 0) is 90.8 Å². The third-order valence-electron chi connectivity index (χ3n) is 19.5. The number of Topliss-reactive ketones (excluding diaryl/α,β-unsaturated/α-hetero) is 1. The van der Waals surface area contributed by atoms with E-state index in [9.17, 15) is 70.9 Å². The SMILES string of the molecule is C[C@]1(CO[C@@H]2O[C@H](CO)[C@@H](O)[C@H](O)[C@H]2O)CC(=O)[C@]2(C)CC[C@]3(C)C(=CC[C@@H]4[C@@]5(C)CC[C@H](O[C@@H]6O[C@H](C(=O)O)[C@@H](O)[C@H](O)[C@H]6O[C@@H]6O[C@H](CO)[C@H](O)[C@H](O)[C@H]6O)[C@](C)(CO)C5CC[C@]43C)[C@@H]2C1. The number of rotatable bonds is 11. The van der Waals surface area contributed by atoms with Crippen LogP contribution in [0, 0.1) is 50.2 Å². The molecule has 0 radical (unpaired) electrons. The predicted molar refractivity (Wildman–Crippen MR) is 232 cm³/mol. The lowest BCUT2D eigenvalue weighted by molar-refractivity contribution is -0.375. The van der Waals surface area contributed by atoms with E-state index in [0.717, 1.165) is 12.8 Å². The van der Waals surface area contributed by atoms with Crippen molar-refractivity contribution in [1.29, 1.82) is 0 Å². The smallest absolute Gasteiger partial charge is 0.335 e. The fourth-order valence-electron chi connectivity index (χ4n) is 15.0. The molecule has 0 aromatic rings. The van der Waals surface area contributed by atoms with Gasteiger partial charge < -0.3 is 89.7 Å². The number of carboxylic acids is 1. The maximum absolute atomic E-state index is 14.4. The minimum absolute atomic E-state index is 0.0314. The molecule has 0 amide bonds. The Balaban J connectivity index is 1.04. The molecule has 5 aliphatic carbocycles. The van der Waals surface area contributed by atoms with Gasteiger partial charge in [0.25, 0.3) is 0 Å². The van der Waals surface area contributed by atoms with Crippen molar-refractivity contribution >= 4 is 11.8 Å². The molecule has 388 valence electrons. The van der Waals surface area contributed by atoms with Gasteiger partial charge in [-0.15, -0.1) is 0 Å². The molecular weight excluding hydrogens is 897 g/mol. The second-order valence-corrected chi connectivity index (χ2v) is 23.3. The van der Waals surface area contributed by atoms with Crippen molar-refractivity contribution in [3.8, 4) is 0 Å². The van der Waals surface area contributed by atoms with E-state index in [1.807, 2.05) is 13.8 Å². The van der Waals surface area contributed by atoms with Crippen molar-refractivity contribution in [2.24, 2.45) is 50.2 Å². The molecule has 1 unspecified atom stereocenters. The number of aliphatic hydroxyl groups excluding tert-OH is 11. The minimum Gasteiger partial charge on any atom is -0.479 e. The number of hydrogen-bond acceptors (Lipinski definition) is 19. The number of hydrogen-bond donors (Lipinski definition) is 12. The molecule has 20 heteroatoms. The van der Waals surface area contributed by atoms with Crippen molar-refractivity contribution in [3.05, 3.63) is 11.6 Å². The van der Waals surface area contributed by atoms with E-state index in [1.165, 1.54) is 5.57 Å². The average Bonchev–Trinajstić information content (AvgIpc) is 3.29. The molecule has 0 aromatic heterocycles. The van der Waals surface area contributed by atoms with Crippen molar-refractivity contribution in [2.45, 2.75) is 198 Å². The minimum atomic E-state index is -2.02. The first-order valence-electron chi connectivity index (χ1n) is 24.4. The lowest BCUT2D eigenvalue weighted by Gasteiger charge is -2.71. The van der Waals surface area contributed by atoms with Crippen LogP contribution >= 0.6 is 0 Å². The summed E-state index contributed by atoms with van der Waals surface area (Å²) in [4.78, 5) is 26.7. The topological polar surface area (TPSA) is 332 Å². The third kappa shape index (κ3) is 8.08. The van der Waals surface area contributed by atoms with E-state index in [-0.39, 0.29) is 59.4 Å². The molecule has 8 rings (SSSR count). The Bertz CT molecular complexity index is 1900. The zero-order valence-electron chi connectivity index (χ0n) is 39.9. The van der Waals surface area contributed by atoms with Crippen LogP contribution in [0.1, 0.15) is 99.3 Å². The van der Waals surface area contributed by atoms with Gasteiger partial charge in [-0.1, -0.05) is 53.2 Å².